The second kappa shape index (κ2) is 9.41. The van der Waals surface area contributed by atoms with Gasteiger partial charge in [-0.3, -0.25) is 0 Å². The average molecular weight is 335 g/mol. The summed E-state index contributed by atoms with van der Waals surface area (Å²) in [5.74, 6) is 0. The van der Waals surface area contributed by atoms with Crippen molar-refractivity contribution in [2.24, 2.45) is 0 Å². The standard InChI is InChI=1S/C23H30N2/c1-2-3-11-20-13-14-23-21(18-20)19-22(24-23)12-7-4-5-8-15-25-16-9-6-10-17-25/h6,9-10,13-14,16-19H,2-5,7-8,11-12,15H2,1H3. The Kier molecular flexibility index (Phi) is 6.67. The van der Waals surface area contributed by atoms with E-state index in [-0.39, 0.29) is 0 Å². The van der Waals surface area contributed by atoms with Crippen molar-refractivity contribution >= 4 is 10.9 Å². The van der Waals surface area contributed by atoms with Crippen molar-refractivity contribution in [1.82, 2.24) is 4.98 Å². The number of rotatable bonds is 10. The molecule has 0 fully saturated rings. The van der Waals surface area contributed by atoms with Gasteiger partial charge in [0.2, 0.25) is 0 Å². The highest BCUT2D eigenvalue weighted by Gasteiger charge is 1.99. The van der Waals surface area contributed by atoms with Gasteiger partial charge in [-0.2, -0.15) is 5.69 Å². The molecular formula is C23H30N2. The van der Waals surface area contributed by atoms with Crippen molar-refractivity contribution in [3.05, 3.63) is 66.1 Å². The molecule has 0 aliphatic carbocycles. The molecule has 0 saturated carbocycles. The molecule has 2 heterocycles. The summed E-state index contributed by atoms with van der Waals surface area (Å²) in [7, 11) is 0. The number of unbranched alkanes of at least 4 members (excludes halogenated alkanes) is 4. The fraction of sp³-hybridized carbons (Fsp3) is 0.435. The van der Waals surface area contributed by atoms with Gasteiger partial charge in [0.1, 0.15) is 6.54 Å². The largest absolute Gasteiger partial charge is 0.661 e. The van der Waals surface area contributed by atoms with Crippen molar-refractivity contribution in [3.8, 4) is 0 Å². The molecule has 0 amide bonds. The molecule has 3 aromatic rings. The van der Waals surface area contributed by atoms with E-state index in [0.717, 1.165) is 18.5 Å². The first-order valence-electron chi connectivity index (χ1n) is 9.84. The summed E-state index contributed by atoms with van der Waals surface area (Å²) in [6, 6.07) is 15.3. The molecule has 0 atom stereocenters. The van der Waals surface area contributed by atoms with Gasteiger partial charge in [0.25, 0.3) is 0 Å². The lowest BCUT2D eigenvalue weighted by molar-refractivity contribution is -0.697. The van der Waals surface area contributed by atoms with E-state index in [1.54, 1.807) is 0 Å². The van der Waals surface area contributed by atoms with Crippen LogP contribution in [0.15, 0.2) is 54.9 Å². The highest BCUT2D eigenvalue weighted by atomic mass is 14.9. The Morgan fingerprint density at radius 2 is 1.68 bits per heavy atom. The van der Waals surface area contributed by atoms with Crippen LogP contribution < -0.4 is 9.55 Å². The zero-order valence-electron chi connectivity index (χ0n) is 15.5. The Hall–Kier alpha value is -2.09. The molecule has 0 spiro atoms. The van der Waals surface area contributed by atoms with E-state index < -0.39 is 0 Å². The normalized spacial score (nSPS) is 11.2. The third-order valence-corrected chi connectivity index (χ3v) is 4.87. The lowest BCUT2D eigenvalue weighted by atomic mass is 10.1. The van der Waals surface area contributed by atoms with Crippen molar-refractivity contribution in [3.63, 3.8) is 0 Å². The van der Waals surface area contributed by atoms with E-state index in [1.165, 1.54) is 61.6 Å². The Bertz CT molecular complexity index is 758. The van der Waals surface area contributed by atoms with Gasteiger partial charge >= 0.3 is 0 Å². The van der Waals surface area contributed by atoms with E-state index in [9.17, 15) is 0 Å². The summed E-state index contributed by atoms with van der Waals surface area (Å²) in [6.45, 7) is 3.37. The topological polar surface area (TPSA) is 18.0 Å². The molecule has 2 aromatic heterocycles. The summed E-state index contributed by atoms with van der Waals surface area (Å²) in [5.41, 5.74) is 3.88. The molecule has 2 heteroatoms. The smallest absolute Gasteiger partial charge is 0.168 e. The van der Waals surface area contributed by atoms with Gasteiger partial charge in [-0.05, 0) is 36.6 Å². The van der Waals surface area contributed by atoms with Crippen molar-refractivity contribution in [2.45, 2.75) is 64.8 Å². The van der Waals surface area contributed by atoms with Crippen molar-refractivity contribution in [2.75, 3.05) is 0 Å². The van der Waals surface area contributed by atoms with Crippen LogP contribution in [0.4, 0.5) is 0 Å². The molecule has 0 aliphatic heterocycles. The Labute approximate surface area is 151 Å². The minimum atomic E-state index is 1.11. The second-order valence-corrected chi connectivity index (χ2v) is 7.02. The van der Waals surface area contributed by atoms with Gasteiger partial charge in [-0.1, -0.05) is 56.5 Å². The van der Waals surface area contributed by atoms with Gasteiger partial charge in [0, 0.05) is 18.6 Å². The molecule has 1 aromatic carbocycles. The molecule has 0 bridgehead atoms. The maximum Gasteiger partial charge on any atom is 0.168 e. The van der Waals surface area contributed by atoms with Crippen LogP contribution in [0, 0.1) is 0 Å². The number of hydrogen-bond donors (Lipinski definition) is 0. The van der Waals surface area contributed by atoms with Gasteiger partial charge in [-0.25, -0.2) is 4.57 Å². The Morgan fingerprint density at radius 1 is 0.840 bits per heavy atom. The van der Waals surface area contributed by atoms with Crippen molar-refractivity contribution in [1.29, 1.82) is 0 Å². The molecule has 0 N–H and O–H groups in total. The number of benzene rings is 1. The fourth-order valence-electron chi connectivity index (χ4n) is 3.39. The van der Waals surface area contributed by atoms with Gasteiger partial charge in [-0.15, -0.1) is 5.52 Å². The zero-order valence-corrected chi connectivity index (χ0v) is 15.5. The predicted octanol–water partition coefficient (Wildman–Crippen LogP) is 5.23. The summed E-state index contributed by atoms with van der Waals surface area (Å²) in [4.78, 5) is 4.80. The molecule has 0 radical (unpaired) electrons. The Morgan fingerprint density at radius 3 is 2.52 bits per heavy atom. The second-order valence-electron chi connectivity index (χ2n) is 7.02. The number of pyridine rings is 1. The number of fused-ring (bicyclic) bond motifs is 1. The van der Waals surface area contributed by atoms with Crippen LogP contribution in [-0.4, -0.2) is 0 Å². The molecule has 132 valence electrons. The number of aryl methyl sites for hydroxylation is 3. The minimum Gasteiger partial charge on any atom is -0.661 e. The van der Waals surface area contributed by atoms with Crippen LogP contribution in [0.1, 0.15) is 56.7 Å². The van der Waals surface area contributed by atoms with E-state index >= 15 is 0 Å². The predicted molar refractivity (Wildman–Crippen MR) is 105 cm³/mol. The summed E-state index contributed by atoms with van der Waals surface area (Å²) >= 11 is 0. The first-order valence-corrected chi connectivity index (χ1v) is 9.84. The summed E-state index contributed by atoms with van der Waals surface area (Å²) < 4.78 is 2.27. The van der Waals surface area contributed by atoms with Crippen LogP contribution in [0.25, 0.3) is 10.9 Å². The van der Waals surface area contributed by atoms with Gasteiger partial charge < -0.3 is 4.98 Å². The quantitative estimate of drug-likeness (QED) is 0.367. The van der Waals surface area contributed by atoms with Crippen LogP contribution >= 0.6 is 0 Å². The van der Waals surface area contributed by atoms with E-state index in [0.29, 0.717) is 0 Å². The van der Waals surface area contributed by atoms with E-state index in [4.69, 9.17) is 4.98 Å². The molecule has 3 rings (SSSR count). The first kappa shape index (κ1) is 17.7. The zero-order chi connectivity index (χ0) is 17.3. The van der Waals surface area contributed by atoms with E-state index in [1.807, 2.05) is 0 Å². The van der Waals surface area contributed by atoms with Gasteiger partial charge in [0.15, 0.2) is 12.4 Å². The number of nitrogens with zero attached hydrogens (tertiary/aromatic N) is 2. The lowest BCUT2D eigenvalue weighted by Crippen LogP contribution is -2.32. The summed E-state index contributed by atoms with van der Waals surface area (Å²) in [6.07, 6.45) is 14.2. The number of hydrogen-bond acceptors (Lipinski definition) is 0. The Balaban J connectivity index is 1.40. The first-order chi connectivity index (χ1) is 12.3. The third-order valence-electron chi connectivity index (χ3n) is 4.87. The maximum absolute atomic E-state index is 4.80. The summed E-state index contributed by atoms with van der Waals surface area (Å²) in [5, 5.41) is 1.32. The SMILES string of the molecule is CCCCc1ccc2[n-]c(CCCCCC[n+]3ccccc3)cc2c1. The molecule has 25 heavy (non-hydrogen) atoms. The van der Waals surface area contributed by atoms with Crippen molar-refractivity contribution < 1.29 is 4.57 Å². The monoisotopic (exact) mass is 334 g/mol. The molecule has 2 nitrogen and oxygen atoms in total. The van der Waals surface area contributed by atoms with E-state index in [2.05, 4.69) is 66.3 Å². The molecule has 0 saturated heterocycles. The third kappa shape index (κ3) is 5.45. The van der Waals surface area contributed by atoms with Crippen LogP contribution in [-0.2, 0) is 19.4 Å². The van der Waals surface area contributed by atoms with Crippen LogP contribution in [0.2, 0.25) is 0 Å². The average Bonchev–Trinajstić information content (AvgIpc) is 3.05. The lowest BCUT2D eigenvalue weighted by Gasteiger charge is -2.07. The molecule has 0 unspecified atom stereocenters. The number of aromatic nitrogens is 2. The van der Waals surface area contributed by atoms with Gasteiger partial charge in [0.05, 0.1) is 0 Å². The highest BCUT2D eigenvalue weighted by molar-refractivity contribution is 5.80. The maximum atomic E-state index is 4.80. The van der Waals surface area contributed by atoms with Crippen LogP contribution in [0.3, 0.4) is 0 Å². The van der Waals surface area contributed by atoms with Crippen LogP contribution in [0.5, 0.6) is 0 Å². The molecule has 0 aliphatic rings. The highest BCUT2D eigenvalue weighted by Crippen LogP contribution is 2.19. The molecular weight excluding hydrogens is 304 g/mol. The minimum absolute atomic E-state index is 1.11. The fourth-order valence-corrected chi connectivity index (χ4v) is 3.39.